The van der Waals surface area contributed by atoms with E-state index in [0.29, 0.717) is 31.0 Å². The lowest BCUT2D eigenvalue weighted by Crippen LogP contribution is -2.22. The fraction of sp³-hybridized carbons (Fsp3) is 0.778. The monoisotopic (exact) mass is 246 g/mol. The van der Waals surface area contributed by atoms with Gasteiger partial charge in [-0.15, -0.1) is 0 Å². The van der Waals surface area contributed by atoms with Gasteiger partial charge in [0.05, 0.1) is 24.5 Å². The van der Waals surface area contributed by atoms with Gasteiger partial charge in [-0.3, -0.25) is 0 Å². The van der Waals surface area contributed by atoms with Gasteiger partial charge in [0.2, 0.25) is 5.89 Å². The highest BCUT2D eigenvalue weighted by atomic mass is 32.2. The Hall–Kier alpha value is -0.950. The fourth-order valence-electron chi connectivity index (χ4n) is 1.78. The van der Waals surface area contributed by atoms with Gasteiger partial charge in [-0.1, -0.05) is 5.16 Å². The summed E-state index contributed by atoms with van der Waals surface area (Å²) >= 11 is 0. The van der Waals surface area contributed by atoms with E-state index in [9.17, 15) is 8.42 Å². The fourth-order valence-corrected chi connectivity index (χ4v) is 3.27. The third kappa shape index (κ3) is 2.59. The number of aromatic nitrogens is 2. The SMILES string of the molecule is O=S1(=O)CCC(c2noc(CCO)n2)CC1. The third-order valence-corrected chi connectivity index (χ3v) is 4.44. The number of hydrogen-bond donors (Lipinski definition) is 1. The second-order valence-corrected chi connectivity index (χ2v) is 6.25. The molecule has 1 aliphatic heterocycles. The molecule has 7 heteroatoms. The molecule has 0 saturated carbocycles. The zero-order valence-corrected chi connectivity index (χ0v) is 9.61. The minimum absolute atomic E-state index is 0.0271. The molecular formula is C9H14N2O4S. The summed E-state index contributed by atoms with van der Waals surface area (Å²) in [4.78, 5) is 4.14. The van der Waals surface area contributed by atoms with E-state index in [4.69, 9.17) is 9.63 Å². The van der Waals surface area contributed by atoms with Crippen LogP contribution in [-0.4, -0.2) is 41.8 Å². The number of sulfone groups is 1. The van der Waals surface area contributed by atoms with Crippen LogP contribution >= 0.6 is 0 Å². The zero-order chi connectivity index (χ0) is 11.6. The lowest BCUT2D eigenvalue weighted by atomic mass is 10.0. The first-order valence-electron chi connectivity index (χ1n) is 5.24. The van der Waals surface area contributed by atoms with E-state index in [1.54, 1.807) is 0 Å². The number of nitrogens with zero attached hydrogens (tertiary/aromatic N) is 2. The quantitative estimate of drug-likeness (QED) is 0.800. The van der Waals surface area contributed by atoms with Crippen molar-refractivity contribution in [2.75, 3.05) is 18.1 Å². The molecule has 0 amide bonds. The predicted octanol–water partition coefficient (Wildman–Crippen LogP) is -0.103. The minimum Gasteiger partial charge on any atom is -0.396 e. The van der Waals surface area contributed by atoms with Crippen LogP contribution in [0.5, 0.6) is 0 Å². The van der Waals surface area contributed by atoms with Crippen LogP contribution in [0.3, 0.4) is 0 Å². The predicted molar refractivity (Wildman–Crippen MR) is 55.7 cm³/mol. The summed E-state index contributed by atoms with van der Waals surface area (Å²) in [5, 5.41) is 12.5. The van der Waals surface area contributed by atoms with Crippen LogP contribution < -0.4 is 0 Å². The van der Waals surface area contributed by atoms with E-state index < -0.39 is 9.84 Å². The molecule has 2 rings (SSSR count). The van der Waals surface area contributed by atoms with Gasteiger partial charge in [-0.05, 0) is 12.8 Å². The van der Waals surface area contributed by atoms with Gasteiger partial charge in [-0.25, -0.2) is 8.42 Å². The molecule has 1 N–H and O–H groups in total. The zero-order valence-electron chi connectivity index (χ0n) is 8.79. The van der Waals surface area contributed by atoms with Crippen molar-refractivity contribution in [2.45, 2.75) is 25.2 Å². The average molecular weight is 246 g/mol. The van der Waals surface area contributed by atoms with Gasteiger partial charge >= 0.3 is 0 Å². The van der Waals surface area contributed by atoms with Crippen LogP contribution in [0, 0.1) is 0 Å². The van der Waals surface area contributed by atoms with Crippen molar-refractivity contribution >= 4 is 9.84 Å². The molecule has 0 radical (unpaired) electrons. The van der Waals surface area contributed by atoms with E-state index in [2.05, 4.69) is 10.1 Å². The molecule has 0 bridgehead atoms. The van der Waals surface area contributed by atoms with Crippen LogP contribution in [-0.2, 0) is 16.3 Å². The highest BCUT2D eigenvalue weighted by Gasteiger charge is 2.27. The van der Waals surface area contributed by atoms with Crippen molar-refractivity contribution in [3.63, 3.8) is 0 Å². The Morgan fingerprint density at radius 1 is 1.38 bits per heavy atom. The van der Waals surface area contributed by atoms with Crippen LogP contribution in [0.15, 0.2) is 4.52 Å². The molecule has 0 unspecified atom stereocenters. The summed E-state index contributed by atoms with van der Waals surface area (Å²) in [6, 6.07) is 0. The topological polar surface area (TPSA) is 93.3 Å². The second-order valence-electron chi connectivity index (χ2n) is 3.95. The van der Waals surface area contributed by atoms with Gasteiger partial charge in [0.1, 0.15) is 9.84 Å². The van der Waals surface area contributed by atoms with Crippen molar-refractivity contribution in [3.05, 3.63) is 11.7 Å². The number of aliphatic hydroxyl groups is 1. The normalized spacial score (nSPS) is 21.1. The Labute approximate surface area is 93.6 Å². The van der Waals surface area contributed by atoms with E-state index in [0.717, 1.165) is 0 Å². The highest BCUT2D eigenvalue weighted by molar-refractivity contribution is 7.91. The highest BCUT2D eigenvalue weighted by Crippen LogP contribution is 2.26. The third-order valence-electron chi connectivity index (χ3n) is 2.73. The van der Waals surface area contributed by atoms with E-state index in [-0.39, 0.29) is 24.0 Å². The number of rotatable bonds is 3. The standard InChI is InChI=1S/C9H14N2O4S/c12-4-1-8-10-9(11-15-8)7-2-5-16(13,14)6-3-7/h7,12H,1-6H2. The van der Waals surface area contributed by atoms with Crippen LogP contribution in [0.25, 0.3) is 0 Å². The molecule has 1 aromatic rings. The summed E-state index contributed by atoms with van der Waals surface area (Å²) < 4.78 is 27.4. The number of aliphatic hydroxyl groups excluding tert-OH is 1. The molecule has 6 nitrogen and oxygen atoms in total. The minimum atomic E-state index is -2.85. The summed E-state index contributed by atoms with van der Waals surface area (Å²) in [7, 11) is -2.85. The Morgan fingerprint density at radius 3 is 2.69 bits per heavy atom. The molecule has 1 fully saturated rings. The van der Waals surface area contributed by atoms with Gasteiger partial charge in [0.25, 0.3) is 0 Å². The summed E-state index contributed by atoms with van der Waals surface area (Å²) in [6.45, 7) is -0.0271. The molecule has 1 aromatic heterocycles. The lowest BCUT2D eigenvalue weighted by molar-refractivity contribution is 0.273. The lowest BCUT2D eigenvalue weighted by Gasteiger charge is -2.18. The smallest absolute Gasteiger partial charge is 0.228 e. The van der Waals surface area contributed by atoms with Gasteiger partial charge in [0, 0.05) is 5.92 Å². The van der Waals surface area contributed by atoms with Crippen molar-refractivity contribution in [1.29, 1.82) is 0 Å². The molecule has 0 atom stereocenters. The molecule has 0 aliphatic carbocycles. The summed E-state index contributed by atoms with van der Waals surface area (Å²) in [6.07, 6.45) is 1.46. The maximum absolute atomic E-state index is 11.2. The van der Waals surface area contributed by atoms with Crippen LogP contribution in [0.2, 0.25) is 0 Å². The Bertz CT molecular complexity index is 440. The van der Waals surface area contributed by atoms with Crippen LogP contribution in [0.1, 0.15) is 30.5 Å². The molecule has 90 valence electrons. The van der Waals surface area contributed by atoms with Crippen molar-refractivity contribution in [3.8, 4) is 0 Å². The largest absolute Gasteiger partial charge is 0.396 e. The van der Waals surface area contributed by atoms with Gasteiger partial charge in [-0.2, -0.15) is 4.98 Å². The maximum atomic E-state index is 11.2. The Kier molecular flexibility index (Phi) is 3.25. The summed E-state index contributed by atoms with van der Waals surface area (Å²) in [5.41, 5.74) is 0. The molecule has 16 heavy (non-hydrogen) atoms. The molecule has 2 heterocycles. The van der Waals surface area contributed by atoms with E-state index in [1.807, 2.05) is 0 Å². The Balaban J connectivity index is 2.02. The van der Waals surface area contributed by atoms with Gasteiger partial charge in [0.15, 0.2) is 5.82 Å². The molecule has 0 spiro atoms. The average Bonchev–Trinajstić information content (AvgIpc) is 2.67. The number of hydrogen-bond acceptors (Lipinski definition) is 6. The van der Waals surface area contributed by atoms with E-state index >= 15 is 0 Å². The molecule has 1 saturated heterocycles. The first-order valence-corrected chi connectivity index (χ1v) is 7.06. The van der Waals surface area contributed by atoms with Crippen molar-refractivity contribution in [1.82, 2.24) is 10.1 Å². The second kappa shape index (κ2) is 4.50. The van der Waals surface area contributed by atoms with Crippen molar-refractivity contribution in [2.24, 2.45) is 0 Å². The van der Waals surface area contributed by atoms with Crippen molar-refractivity contribution < 1.29 is 18.0 Å². The Morgan fingerprint density at radius 2 is 2.06 bits per heavy atom. The summed E-state index contributed by atoms with van der Waals surface area (Å²) in [5.74, 6) is 1.44. The molecule has 0 aromatic carbocycles. The van der Waals surface area contributed by atoms with E-state index in [1.165, 1.54) is 0 Å². The van der Waals surface area contributed by atoms with Crippen LogP contribution in [0.4, 0.5) is 0 Å². The molecule has 1 aliphatic rings. The first-order chi connectivity index (χ1) is 7.61. The molecular weight excluding hydrogens is 232 g/mol. The van der Waals surface area contributed by atoms with Gasteiger partial charge < -0.3 is 9.63 Å². The first kappa shape index (κ1) is 11.5. The maximum Gasteiger partial charge on any atom is 0.228 e.